The van der Waals surface area contributed by atoms with Crippen molar-refractivity contribution in [1.29, 1.82) is 0 Å². The standard InChI is InChI=1S/C10H20N2O4/c1-5-8(11-7(2)13)10(15)12(3)6-9(14)16-4/h7-8,11,13H,5-6H2,1-4H3/t7?,8-/m0/s1. The maximum Gasteiger partial charge on any atom is 0.325 e. The molecule has 0 heterocycles. The SMILES string of the molecule is CC[C@H](NC(C)O)C(=O)N(C)CC(=O)OC. The first kappa shape index (κ1) is 14.9. The fourth-order valence-corrected chi connectivity index (χ4v) is 1.26. The summed E-state index contributed by atoms with van der Waals surface area (Å²) in [5, 5.41) is 11.9. The van der Waals surface area contributed by atoms with Crippen LogP contribution in [0, 0.1) is 0 Å². The number of methoxy groups -OCH3 is 1. The number of carbonyl (C=O) groups is 2. The fourth-order valence-electron chi connectivity index (χ4n) is 1.26. The molecule has 0 aromatic rings. The number of hydrogen-bond donors (Lipinski definition) is 2. The van der Waals surface area contributed by atoms with Crippen LogP contribution in [0.1, 0.15) is 20.3 Å². The first-order valence-corrected chi connectivity index (χ1v) is 5.18. The molecule has 6 nitrogen and oxygen atoms in total. The van der Waals surface area contributed by atoms with Crippen molar-refractivity contribution in [2.45, 2.75) is 32.5 Å². The Hall–Kier alpha value is -1.14. The molecule has 0 saturated heterocycles. The Kier molecular flexibility index (Phi) is 6.67. The Morgan fingerprint density at radius 1 is 1.50 bits per heavy atom. The highest BCUT2D eigenvalue weighted by Crippen LogP contribution is 1.99. The predicted octanol–water partition coefficient (Wildman–Crippen LogP) is -0.676. The van der Waals surface area contributed by atoms with Gasteiger partial charge in [-0.2, -0.15) is 0 Å². The third kappa shape index (κ3) is 5.09. The fraction of sp³-hybridized carbons (Fsp3) is 0.800. The van der Waals surface area contributed by atoms with Crippen LogP contribution in [0.4, 0.5) is 0 Å². The molecule has 0 radical (unpaired) electrons. The lowest BCUT2D eigenvalue weighted by Gasteiger charge is -2.24. The Balaban J connectivity index is 4.32. The van der Waals surface area contributed by atoms with Crippen molar-refractivity contribution >= 4 is 11.9 Å². The Bertz CT molecular complexity index is 243. The minimum absolute atomic E-state index is 0.0900. The normalized spacial score (nSPS) is 14.1. The van der Waals surface area contributed by atoms with E-state index in [1.54, 1.807) is 0 Å². The van der Waals surface area contributed by atoms with Gasteiger partial charge in [-0.25, -0.2) is 0 Å². The molecule has 94 valence electrons. The summed E-state index contributed by atoms with van der Waals surface area (Å²) >= 11 is 0. The summed E-state index contributed by atoms with van der Waals surface area (Å²) < 4.78 is 4.46. The smallest absolute Gasteiger partial charge is 0.325 e. The second-order valence-electron chi connectivity index (χ2n) is 3.57. The maximum atomic E-state index is 11.8. The zero-order valence-electron chi connectivity index (χ0n) is 10.2. The average Bonchev–Trinajstić information content (AvgIpc) is 2.24. The minimum atomic E-state index is -0.763. The highest BCUT2D eigenvalue weighted by atomic mass is 16.5. The molecule has 0 aliphatic rings. The van der Waals surface area contributed by atoms with Crippen molar-refractivity contribution in [3.05, 3.63) is 0 Å². The van der Waals surface area contributed by atoms with Crippen LogP contribution in [0.5, 0.6) is 0 Å². The van der Waals surface area contributed by atoms with Crippen molar-refractivity contribution < 1.29 is 19.4 Å². The number of aliphatic hydroxyl groups excluding tert-OH is 1. The van der Waals surface area contributed by atoms with Crippen LogP contribution < -0.4 is 5.32 Å². The topological polar surface area (TPSA) is 78.9 Å². The number of nitrogens with one attached hydrogen (secondary N) is 1. The molecule has 16 heavy (non-hydrogen) atoms. The van der Waals surface area contributed by atoms with Crippen LogP contribution in [0.2, 0.25) is 0 Å². The van der Waals surface area contributed by atoms with Gasteiger partial charge >= 0.3 is 5.97 Å². The van der Waals surface area contributed by atoms with Gasteiger partial charge in [0.2, 0.25) is 5.91 Å². The molecule has 0 bridgehead atoms. The minimum Gasteiger partial charge on any atom is -0.468 e. The van der Waals surface area contributed by atoms with E-state index < -0.39 is 18.2 Å². The number of likely N-dealkylation sites (N-methyl/N-ethyl adjacent to an activating group) is 1. The van der Waals surface area contributed by atoms with E-state index in [0.717, 1.165) is 0 Å². The first-order chi connectivity index (χ1) is 7.42. The lowest BCUT2D eigenvalue weighted by molar-refractivity contribution is -0.147. The molecule has 0 aromatic heterocycles. The monoisotopic (exact) mass is 232 g/mol. The molecule has 0 spiro atoms. The number of aliphatic hydroxyl groups is 1. The molecule has 0 aromatic carbocycles. The summed E-state index contributed by atoms with van der Waals surface area (Å²) in [4.78, 5) is 24.1. The van der Waals surface area contributed by atoms with E-state index in [4.69, 9.17) is 5.11 Å². The Morgan fingerprint density at radius 3 is 2.44 bits per heavy atom. The van der Waals surface area contributed by atoms with Crippen molar-refractivity contribution in [2.75, 3.05) is 20.7 Å². The molecule has 1 amide bonds. The molecular weight excluding hydrogens is 212 g/mol. The molecular formula is C10H20N2O4. The third-order valence-electron chi connectivity index (χ3n) is 2.12. The van der Waals surface area contributed by atoms with Gasteiger partial charge in [0.15, 0.2) is 0 Å². The molecule has 0 rings (SSSR count). The van der Waals surface area contributed by atoms with Crippen LogP contribution in [0.15, 0.2) is 0 Å². The van der Waals surface area contributed by atoms with Crippen LogP contribution in [0.25, 0.3) is 0 Å². The number of hydrogen-bond acceptors (Lipinski definition) is 5. The van der Waals surface area contributed by atoms with Crippen molar-refractivity contribution in [3.8, 4) is 0 Å². The third-order valence-corrected chi connectivity index (χ3v) is 2.12. The van der Waals surface area contributed by atoms with Crippen LogP contribution >= 0.6 is 0 Å². The van der Waals surface area contributed by atoms with Crippen LogP contribution in [0.3, 0.4) is 0 Å². The summed E-state index contributed by atoms with van der Waals surface area (Å²) in [6.45, 7) is 3.27. The van der Waals surface area contributed by atoms with Gasteiger partial charge < -0.3 is 14.7 Å². The molecule has 0 saturated carbocycles. The van der Waals surface area contributed by atoms with Gasteiger partial charge in [-0.15, -0.1) is 0 Å². The van der Waals surface area contributed by atoms with Crippen molar-refractivity contribution in [2.24, 2.45) is 0 Å². The zero-order chi connectivity index (χ0) is 12.7. The van der Waals surface area contributed by atoms with Gasteiger partial charge in [0.25, 0.3) is 0 Å². The maximum absolute atomic E-state index is 11.8. The summed E-state index contributed by atoms with van der Waals surface area (Å²) in [5.74, 6) is -0.712. The second kappa shape index (κ2) is 7.19. The summed E-state index contributed by atoms with van der Waals surface area (Å²) in [6.07, 6.45) is -0.227. The highest BCUT2D eigenvalue weighted by molar-refractivity contribution is 5.85. The van der Waals surface area contributed by atoms with Gasteiger partial charge in [0, 0.05) is 7.05 Å². The van der Waals surface area contributed by atoms with E-state index in [1.807, 2.05) is 6.92 Å². The number of amides is 1. The summed E-state index contributed by atoms with van der Waals surface area (Å²) in [7, 11) is 2.79. The van der Waals surface area contributed by atoms with Gasteiger partial charge in [-0.1, -0.05) is 6.92 Å². The molecule has 1 unspecified atom stereocenters. The Labute approximate surface area is 95.6 Å². The molecule has 2 N–H and O–H groups in total. The van der Waals surface area contributed by atoms with Gasteiger partial charge in [-0.3, -0.25) is 14.9 Å². The van der Waals surface area contributed by atoms with Crippen molar-refractivity contribution in [3.63, 3.8) is 0 Å². The largest absolute Gasteiger partial charge is 0.468 e. The van der Waals surface area contributed by atoms with Gasteiger partial charge in [-0.05, 0) is 13.3 Å². The first-order valence-electron chi connectivity index (χ1n) is 5.18. The lowest BCUT2D eigenvalue weighted by atomic mass is 10.2. The van der Waals surface area contributed by atoms with Crippen molar-refractivity contribution in [1.82, 2.24) is 10.2 Å². The van der Waals surface area contributed by atoms with Gasteiger partial charge in [0.05, 0.1) is 13.2 Å². The molecule has 2 atom stereocenters. The number of ether oxygens (including phenoxy) is 1. The quantitative estimate of drug-likeness (QED) is 0.469. The molecule has 0 aliphatic heterocycles. The number of carbonyl (C=O) groups excluding carboxylic acids is 2. The summed E-state index contributed by atoms with van der Waals surface area (Å²) in [6, 6.07) is -0.491. The number of esters is 1. The number of nitrogens with zero attached hydrogens (tertiary/aromatic N) is 1. The van der Waals surface area contributed by atoms with E-state index in [0.29, 0.717) is 6.42 Å². The predicted molar refractivity (Wildman–Crippen MR) is 58.5 cm³/mol. The van der Waals surface area contributed by atoms with E-state index in [2.05, 4.69) is 10.1 Å². The second-order valence-corrected chi connectivity index (χ2v) is 3.57. The van der Waals surface area contributed by atoms with Crippen LogP contribution in [-0.2, 0) is 14.3 Å². The molecule has 6 heteroatoms. The van der Waals surface area contributed by atoms with E-state index in [9.17, 15) is 9.59 Å². The lowest BCUT2D eigenvalue weighted by Crippen LogP contribution is -2.49. The van der Waals surface area contributed by atoms with E-state index in [1.165, 1.54) is 26.0 Å². The Morgan fingerprint density at radius 2 is 2.06 bits per heavy atom. The average molecular weight is 232 g/mol. The molecule has 0 fully saturated rings. The van der Waals surface area contributed by atoms with Gasteiger partial charge in [0.1, 0.15) is 12.8 Å². The number of rotatable bonds is 6. The van der Waals surface area contributed by atoms with E-state index in [-0.39, 0.29) is 12.5 Å². The van der Waals surface area contributed by atoms with E-state index >= 15 is 0 Å². The zero-order valence-corrected chi connectivity index (χ0v) is 10.2. The molecule has 0 aliphatic carbocycles. The highest BCUT2D eigenvalue weighted by Gasteiger charge is 2.22. The van der Waals surface area contributed by atoms with Crippen LogP contribution in [-0.4, -0.2) is 54.9 Å². The summed E-state index contributed by atoms with van der Waals surface area (Å²) in [5.41, 5.74) is 0.